The first-order valence-corrected chi connectivity index (χ1v) is 9.18. The Kier molecular flexibility index (Phi) is 7.34. The molecule has 0 aliphatic carbocycles. The summed E-state index contributed by atoms with van der Waals surface area (Å²) in [7, 11) is 0. The van der Waals surface area contributed by atoms with Gasteiger partial charge >= 0.3 is 11.9 Å². The number of carbonyl (C=O) groups is 2. The number of thiophene rings is 1. The summed E-state index contributed by atoms with van der Waals surface area (Å²) in [6.45, 7) is 1.63. The maximum Gasteiger partial charge on any atom is 0.325 e. The molecule has 5 N–H and O–H groups in total. The summed E-state index contributed by atoms with van der Waals surface area (Å²) in [6, 6.07) is 17.9. The highest BCUT2D eigenvalue weighted by Gasteiger charge is 2.12. The molecule has 0 bridgehead atoms. The predicted octanol–water partition coefficient (Wildman–Crippen LogP) is 3.43. The topological polar surface area (TPSA) is 113 Å². The van der Waals surface area contributed by atoms with Crippen LogP contribution in [0.3, 0.4) is 0 Å². The second kappa shape index (κ2) is 9.70. The fraction of sp³-hybridized carbons (Fsp3) is 0.200. The molecule has 0 aliphatic heterocycles. The van der Waals surface area contributed by atoms with Crippen LogP contribution in [0.4, 0.5) is 5.00 Å². The van der Waals surface area contributed by atoms with E-state index in [1.54, 1.807) is 18.3 Å². The third-order valence-corrected chi connectivity index (χ3v) is 4.82. The van der Waals surface area contributed by atoms with Gasteiger partial charge in [-0.25, -0.2) is 0 Å². The van der Waals surface area contributed by atoms with Crippen molar-refractivity contribution in [3.05, 3.63) is 66.2 Å². The summed E-state index contributed by atoms with van der Waals surface area (Å²) in [6.07, 6.45) is 0.385. The Morgan fingerprint density at radius 1 is 1.04 bits per heavy atom. The number of benzene rings is 2. The minimum Gasteiger partial charge on any atom is -0.480 e. The van der Waals surface area contributed by atoms with Crippen molar-refractivity contribution in [1.29, 1.82) is 0 Å². The first-order chi connectivity index (χ1) is 12.9. The molecule has 7 heteroatoms. The number of carboxylic acid groups (broad SMARTS) is 2. The van der Waals surface area contributed by atoms with Crippen molar-refractivity contribution < 1.29 is 19.8 Å². The van der Waals surface area contributed by atoms with Gasteiger partial charge in [0.2, 0.25) is 0 Å². The maximum absolute atomic E-state index is 10.7. The van der Waals surface area contributed by atoms with E-state index in [0.29, 0.717) is 6.42 Å². The lowest BCUT2D eigenvalue weighted by Gasteiger charge is -2.06. The molecule has 0 saturated carbocycles. The van der Waals surface area contributed by atoms with E-state index in [-0.39, 0.29) is 0 Å². The van der Waals surface area contributed by atoms with Crippen LogP contribution in [0, 0.1) is 0 Å². The summed E-state index contributed by atoms with van der Waals surface area (Å²) < 4.78 is 1.16. The average Bonchev–Trinajstić information content (AvgIpc) is 3.05. The van der Waals surface area contributed by atoms with Crippen LogP contribution in [-0.4, -0.2) is 34.2 Å². The van der Waals surface area contributed by atoms with Gasteiger partial charge < -0.3 is 21.3 Å². The van der Waals surface area contributed by atoms with E-state index in [9.17, 15) is 9.59 Å². The van der Waals surface area contributed by atoms with E-state index in [1.165, 1.54) is 0 Å². The number of aliphatic carboxylic acids is 2. The molecular formula is C20H22N2O4S. The smallest absolute Gasteiger partial charge is 0.325 e. The highest BCUT2D eigenvalue weighted by molar-refractivity contribution is 7.22. The molecule has 0 amide bonds. The van der Waals surface area contributed by atoms with Crippen LogP contribution >= 0.6 is 11.3 Å². The number of nitrogens with one attached hydrogen (secondary N) is 1. The van der Waals surface area contributed by atoms with E-state index in [2.05, 4.69) is 5.32 Å². The van der Waals surface area contributed by atoms with Gasteiger partial charge in [0, 0.05) is 4.70 Å². The van der Waals surface area contributed by atoms with Crippen molar-refractivity contribution >= 4 is 38.4 Å². The Labute approximate surface area is 161 Å². The number of carboxylic acids is 2. The van der Waals surface area contributed by atoms with E-state index in [4.69, 9.17) is 15.9 Å². The monoisotopic (exact) mass is 386 g/mol. The second-order valence-electron chi connectivity index (χ2n) is 5.99. The summed E-state index contributed by atoms with van der Waals surface area (Å²) in [5.74, 6) is -1.80. The normalized spacial score (nSPS) is 12.5. The van der Waals surface area contributed by atoms with Crippen molar-refractivity contribution in [2.24, 2.45) is 5.73 Å². The first-order valence-electron chi connectivity index (χ1n) is 8.37. The first kappa shape index (κ1) is 20.4. The lowest BCUT2D eigenvalue weighted by molar-refractivity contribution is -0.139. The summed E-state index contributed by atoms with van der Waals surface area (Å²) in [5, 5.41) is 22.3. The average molecular weight is 386 g/mol. The van der Waals surface area contributed by atoms with E-state index >= 15 is 0 Å². The SMILES string of the molecule is C[C@H](Nc1cc2ccccc2s1)C(=O)O.N[C@@H](Cc1ccccc1)C(=O)O. The zero-order valence-electron chi connectivity index (χ0n) is 14.8. The Morgan fingerprint density at radius 2 is 1.67 bits per heavy atom. The molecule has 0 unspecified atom stereocenters. The molecule has 3 aromatic rings. The zero-order valence-corrected chi connectivity index (χ0v) is 15.6. The Morgan fingerprint density at radius 3 is 2.26 bits per heavy atom. The van der Waals surface area contributed by atoms with Crippen molar-refractivity contribution in [1.82, 2.24) is 0 Å². The Hall–Kier alpha value is -2.90. The molecule has 1 aromatic heterocycles. The zero-order chi connectivity index (χ0) is 19.8. The third-order valence-electron chi connectivity index (χ3n) is 3.77. The minimum atomic E-state index is -0.959. The molecule has 0 radical (unpaired) electrons. The molecule has 1 heterocycles. The highest BCUT2D eigenvalue weighted by atomic mass is 32.1. The molecule has 0 saturated heterocycles. The van der Waals surface area contributed by atoms with Crippen LogP contribution in [0.1, 0.15) is 12.5 Å². The van der Waals surface area contributed by atoms with Gasteiger partial charge in [-0.05, 0) is 36.4 Å². The lowest BCUT2D eigenvalue weighted by atomic mass is 10.1. The van der Waals surface area contributed by atoms with Crippen molar-refractivity contribution in [3.8, 4) is 0 Å². The van der Waals surface area contributed by atoms with Crippen LogP contribution in [0.5, 0.6) is 0 Å². The second-order valence-corrected chi connectivity index (χ2v) is 7.07. The Balaban J connectivity index is 0.000000199. The molecule has 0 spiro atoms. The molecule has 0 fully saturated rings. The summed E-state index contributed by atoms with van der Waals surface area (Å²) in [4.78, 5) is 21.0. The van der Waals surface area contributed by atoms with Crippen LogP contribution in [-0.2, 0) is 16.0 Å². The van der Waals surface area contributed by atoms with Gasteiger partial charge in [0.05, 0.1) is 5.00 Å². The van der Waals surface area contributed by atoms with Crippen LogP contribution in [0.2, 0.25) is 0 Å². The molecule has 142 valence electrons. The number of hydrogen-bond donors (Lipinski definition) is 4. The fourth-order valence-electron chi connectivity index (χ4n) is 2.28. The molecule has 3 rings (SSSR count). The molecule has 2 atom stereocenters. The minimum absolute atomic E-state index is 0.385. The summed E-state index contributed by atoms with van der Waals surface area (Å²) in [5.41, 5.74) is 6.30. The Bertz CT molecular complexity index is 862. The highest BCUT2D eigenvalue weighted by Crippen LogP contribution is 2.29. The fourth-order valence-corrected chi connectivity index (χ4v) is 3.33. The molecule has 6 nitrogen and oxygen atoms in total. The van der Waals surface area contributed by atoms with Crippen LogP contribution < -0.4 is 11.1 Å². The van der Waals surface area contributed by atoms with Crippen molar-refractivity contribution in [2.45, 2.75) is 25.4 Å². The van der Waals surface area contributed by atoms with Crippen molar-refractivity contribution in [3.63, 3.8) is 0 Å². The quantitative estimate of drug-likeness (QED) is 0.516. The van der Waals surface area contributed by atoms with Gasteiger partial charge in [-0.2, -0.15) is 0 Å². The number of hydrogen-bond acceptors (Lipinski definition) is 5. The van der Waals surface area contributed by atoms with Crippen LogP contribution in [0.15, 0.2) is 60.7 Å². The van der Waals surface area contributed by atoms with Crippen LogP contribution in [0.25, 0.3) is 10.1 Å². The van der Waals surface area contributed by atoms with Gasteiger partial charge in [0.15, 0.2) is 0 Å². The third kappa shape index (κ3) is 6.40. The van der Waals surface area contributed by atoms with Gasteiger partial charge in [-0.3, -0.25) is 9.59 Å². The number of nitrogens with two attached hydrogens (primary N) is 1. The van der Waals surface area contributed by atoms with Gasteiger partial charge in [-0.1, -0.05) is 48.5 Å². The van der Waals surface area contributed by atoms with Crippen molar-refractivity contribution in [2.75, 3.05) is 5.32 Å². The predicted molar refractivity (Wildman–Crippen MR) is 108 cm³/mol. The lowest BCUT2D eigenvalue weighted by Crippen LogP contribution is -2.32. The van der Waals surface area contributed by atoms with E-state index < -0.39 is 24.0 Å². The van der Waals surface area contributed by atoms with Gasteiger partial charge in [-0.15, -0.1) is 11.3 Å². The van der Waals surface area contributed by atoms with E-state index in [1.807, 2.05) is 60.7 Å². The van der Waals surface area contributed by atoms with Gasteiger partial charge in [0.25, 0.3) is 0 Å². The largest absolute Gasteiger partial charge is 0.480 e. The standard InChI is InChI=1S/C11H11NO2S.C9H11NO2/c1-7(11(13)14)12-10-6-8-4-2-3-5-9(8)15-10;10-8(9(11)12)6-7-4-2-1-3-5-7/h2-7,12H,1H3,(H,13,14);1-5,8H,6,10H2,(H,11,12)/t7-;8-/m00/s1. The number of anilines is 1. The molecule has 0 aliphatic rings. The molecule has 2 aromatic carbocycles. The molecular weight excluding hydrogens is 364 g/mol. The maximum atomic E-state index is 10.7. The van der Waals surface area contributed by atoms with Gasteiger partial charge in [0.1, 0.15) is 12.1 Å². The van der Waals surface area contributed by atoms with E-state index in [0.717, 1.165) is 20.7 Å². The number of rotatable bonds is 6. The number of fused-ring (bicyclic) bond motifs is 1. The molecule has 27 heavy (non-hydrogen) atoms. The summed E-state index contributed by atoms with van der Waals surface area (Å²) >= 11 is 1.57.